The molecule has 1 aromatic heterocycles. The van der Waals surface area contributed by atoms with E-state index in [1.165, 1.54) is 6.07 Å². The van der Waals surface area contributed by atoms with Gasteiger partial charge >= 0.3 is 5.63 Å². The molecule has 3 rings (SSSR count). The number of allylic oxidation sites excluding steroid dienone is 1. The fourth-order valence-corrected chi connectivity index (χ4v) is 2.89. The van der Waals surface area contributed by atoms with Crippen LogP contribution in [0.4, 0.5) is 5.88 Å². The van der Waals surface area contributed by atoms with Crippen molar-refractivity contribution in [2.24, 2.45) is 5.11 Å². The molecular weight excluding hydrogens is 308 g/mol. The van der Waals surface area contributed by atoms with Gasteiger partial charge in [0, 0.05) is 18.1 Å². The van der Waals surface area contributed by atoms with Crippen molar-refractivity contribution in [2.45, 2.75) is 26.4 Å². The maximum atomic E-state index is 11.6. The SMILES string of the molecule is COc1ccccc1CC1Oc2c(cc(=O)oc2N=N)C(C)=C1C. The molecule has 124 valence electrons. The van der Waals surface area contributed by atoms with Crippen LogP contribution < -0.4 is 15.1 Å². The first-order valence-corrected chi connectivity index (χ1v) is 7.57. The average Bonchev–Trinajstić information content (AvgIpc) is 2.60. The van der Waals surface area contributed by atoms with Crippen LogP contribution in [0.25, 0.3) is 5.57 Å². The zero-order chi connectivity index (χ0) is 17.3. The van der Waals surface area contributed by atoms with Gasteiger partial charge in [0.2, 0.25) is 0 Å². The number of methoxy groups -OCH3 is 1. The molecule has 1 atom stereocenters. The molecule has 2 heterocycles. The molecule has 0 saturated carbocycles. The summed E-state index contributed by atoms with van der Waals surface area (Å²) in [6.45, 7) is 3.91. The average molecular weight is 326 g/mol. The molecule has 1 aliphatic heterocycles. The van der Waals surface area contributed by atoms with E-state index in [0.29, 0.717) is 17.7 Å². The topological polar surface area (TPSA) is 84.9 Å². The number of hydrogen-bond acceptors (Lipinski definition) is 6. The molecule has 0 fully saturated rings. The van der Waals surface area contributed by atoms with Crippen LogP contribution in [0.3, 0.4) is 0 Å². The Labute approximate surface area is 139 Å². The van der Waals surface area contributed by atoms with Crippen LogP contribution >= 0.6 is 0 Å². The van der Waals surface area contributed by atoms with E-state index >= 15 is 0 Å². The lowest BCUT2D eigenvalue weighted by atomic mass is 9.92. The van der Waals surface area contributed by atoms with Gasteiger partial charge in [-0.2, -0.15) is 0 Å². The molecule has 1 unspecified atom stereocenters. The Balaban J connectivity index is 2.04. The van der Waals surface area contributed by atoms with E-state index in [2.05, 4.69) is 5.11 Å². The summed E-state index contributed by atoms with van der Waals surface area (Å²) in [7, 11) is 1.63. The summed E-state index contributed by atoms with van der Waals surface area (Å²) in [5, 5.41) is 3.29. The van der Waals surface area contributed by atoms with Gasteiger partial charge in [-0.25, -0.2) is 10.3 Å². The molecule has 0 radical (unpaired) electrons. The molecule has 1 aromatic carbocycles. The third-order valence-corrected chi connectivity index (χ3v) is 4.34. The van der Waals surface area contributed by atoms with Crippen molar-refractivity contribution in [3.05, 3.63) is 57.5 Å². The summed E-state index contributed by atoms with van der Waals surface area (Å²) in [4.78, 5) is 11.6. The Bertz CT molecular complexity index is 883. The third kappa shape index (κ3) is 2.71. The summed E-state index contributed by atoms with van der Waals surface area (Å²) in [6.07, 6.45) is 0.352. The highest BCUT2D eigenvalue weighted by Gasteiger charge is 2.29. The first kappa shape index (κ1) is 16.0. The van der Waals surface area contributed by atoms with Gasteiger partial charge in [0.05, 0.1) is 7.11 Å². The van der Waals surface area contributed by atoms with E-state index in [1.54, 1.807) is 7.11 Å². The van der Waals surface area contributed by atoms with Crippen molar-refractivity contribution in [3.8, 4) is 11.5 Å². The Morgan fingerprint density at radius 2 is 2.04 bits per heavy atom. The molecular formula is C18H18N2O4. The maximum absolute atomic E-state index is 11.6. The lowest BCUT2D eigenvalue weighted by Crippen LogP contribution is -2.26. The van der Waals surface area contributed by atoms with Crippen LogP contribution in [0.1, 0.15) is 25.0 Å². The molecule has 0 amide bonds. The third-order valence-electron chi connectivity index (χ3n) is 4.34. The van der Waals surface area contributed by atoms with Gasteiger partial charge in [-0.3, -0.25) is 0 Å². The van der Waals surface area contributed by atoms with Crippen LogP contribution in [-0.4, -0.2) is 13.2 Å². The number of nitrogens with one attached hydrogen (secondary N) is 1. The number of nitrogens with zero attached hydrogens (tertiary/aromatic N) is 1. The van der Waals surface area contributed by atoms with E-state index < -0.39 is 5.63 Å². The smallest absolute Gasteiger partial charge is 0.338 e. The van der Waals surface area contributed by atoms with Crippen LogP contribution in [-0.2, 0) is 6.42 Å². The Hall–Kier alpha value is -2.89. The van der Waals surface area contributed by atoms with Gasteiger partial charge in [-0.1, -0.05) is 18.2 Å². The predicted molar refractivity (Wildman–Crippen MR) is 89.2 cm³/mol. The summed E-state index contributed by atoms with van der Waals surface area (Å²) in [6, 6.07) is 9.13. The van der Waals surface area contributed by atoms with E-state index in [9.17, 15) is 4.79 Å². The molecule has 2 aromatic rings. The largest absolute Gasteiger partial charge is 0.496 e. The normalized spacial score (nSPS) is 16.4. The van der Waals surface area contributed by atoms with E-state index in [4.69, 9.17) is 19.4 Å². The highest BCUT2D eigenvalue weighted by atomic mass is 16.5. The number of fused-ring (bicyclic) bond motifs is 1. The van der Waals surface area contributed by atoms with E-state index in [-0.39, 0.29) is 12.0 Å². The van der Waals surface area contributed by atoms with Crippen LogP contribution in [0.2, 0.25) is 0 Å². The molecule has 0 spiro atoms. The lowest BCUT2D eigenvalue weighted by molar-refractivity contribution is 0.225. The molecule has 0 aliphatic carbocycles. The fraction of sp³-hybridized carbons (Fsp3) is 0.278. The molecule has 24 heavy (non-hydrogen) atoms. The van der Waals surface area contributed by atoms with Gasteiger partial charge < -0.3 is 13.9 Å². The van der Waals surface area contributed by atoms with Crippen molar-refractivity contribution in [1.29, 1.82) is 5.53 Å². The van der Waals surface area contributed by atoms with Crippen molar-refractivity contribution >= 4 is 11.5 Å². The second-order valence-electron chi connectivity index (χ2n) is 5.66. The second kappa shape index (κ2) is 6.31. The Morgan fingerprint density at radius 1 is 1.29 bits per heavy atom. The Morgan fingerprint density at radius 3 is 2.75 bits per heavy atom. The number of para-hydroxylation sites is 1. The van der Waals surface area contributed by atoms with Crippen LogP contribution in [0.15, 0.2) is 50.2 Å². The molecule has 0 bridgehead atoms. The van der Waals surface area contributed by atoms with Gasteiger partial charge in [0.15, 0.2) is 5.75 Å². The van der Waals surface area contributed by atoms with Crippen molar-refractivity contribution in [1.82, 2.24) is 0 Å². The summed E-state index contributed by atoms with van der Waals surface area (Å²) in [5.74, 6) is 1.03. The van der Waals surface area contributed by atoms with Gasteiger partial charge in [-0.15, -0.1) is 5.11 Å². The first-order chi connectivity index (χ1) is 11.5. The minimum Gasteiger partial charge on any atom is -0.496 e. The van der Waals surface area contributed by atoms with Crippen molar-refractivity contribution in [3.63, 3.8) is 0 Å². The fourth-order valence-electron chi connectivity index (χ4n) is 2.89. The quantitative estimate of drug-likeness (QED) is 0.857. The lowest BCUT2D eigenvalue weighted by Gasteiger charge is -2.28. The minimum atomic E-state index is -0.543. The zero-order valence-corrected chi connectivity index (χ0v) is 13.8. The standard InChI is InChI=1S/C18H18N2O4/c1-10-11(2)15(8-12-6-4-5-7-14(12)22-3)23-17-13(10)9-16(21)24-18(17)20-19/h4-7,9,15,19H,8H2,1-3H3. The molecule has 1 N–H and O–H groups in total. The molecule has 6 nitrogen and oxygen atoms in total. The van der Waals surface area contributed by atoms with E-state index in [0.717, 1.165) is 22.5 Å². The van der Waals surface area contributed by atoms with Gasteiger partial charge in [0.1, 0.15) is 11.9 Å². The molecule has 0 saturated heterocycles. The van der Waals surface area contributed by atoms with Gasteiger partial charge in [0.25, 0.3) is 5.88 Å². The highest BCUT2D eigenvalue weighted by molar-refractivity contribution is 5.76. The predicted octanol–water partition coefficient (Wildman–Crippen LogP) is 4.11. The number of rotatable bonds is 4. The van der Waals surface area contributed by atoms with Crippen LogP contribution in [0.5, 0.6) is 11.5 Å². The molecule has 6 heteroatoms. The second-order valence-corrected chi connectivity index (χ2v) is 5.66. The monoisotopic (exact) mass is 326 g/mol. The highest BCUT2D eigenvalue weighted by Crippen LogP contribution is 2.41. The van der Waals surface area contributed by atoms with Gasteiger partial charge in [-0.05, 0) is 36.6 Å². The minimum absolute atomic E-state index is 0.102. The van der Waals surface area contributed by atoms with Crippen molar-refractivity contribution < 1.29 is 13.9 Å². The number of ether oxygens (including phenoxy) is 2. The van der Waals surface area contributed by atoms with E-state index in [1.807, 2.05) is 38.1 Å². The number of benzene rings is 1. The van der Waals surface area contributed by atoms with Crippen molar-refractivity contribution in [2.75, 3.05) is 7.11 Å². The summed E-state index contributed by atoms with van der Waals surface area (Å²) >= 11 is 0. The molecule has 1 aliphatic rings. The summed E-state index contributed by atoms with van der Waals surface area (Å²) < 4.78 is 16.4. The Kier molecular flexibility index (Phi) is 4.20. The summed E-state index contributed by atoms with van der Waals surface area (Å²) in [5.41, 5.74) is 10.3. The van der Waals surface area contributed by atoms with Crippen LogP contribution in [0, 0.1) is 5.53 Å². The maximum Gasteiger partial charge on any atom is 0.338 e. The number of hydrogen-bond donors (Lipinski definition) is 1. The zero-order valence-electron chi connectivity index (χ0n) is 13.8. The first-order valence-electron chi connectivity index (χ1n) is 7.57.